The van der Waals surface area contributed by atoms with E-state index in [4.69, 9.17) is 16.1 Å². The molecule has 0 bridgehead atoms. The minimum Gasteiger partial charge on any atom is -0.337 e. The number of halogens is 2. The first-order chi connectivity index (χ1) is 12.1. The second kappa shape index (κ2) is 7.76. The van der Waals surface area contributed by atoms with Gasteiger partial charge >= 0.3 is 0 Å². The molecule has 130 valence electrons. The van der Waals surface area contributed by atoms with Crippen LogP contribution in [0.2, 0.25) is 5.02 Å². The van der Waals surface area contributed by atoms with Crippen molar-refractivity contribution < 1.29 is 13.7 Å². The van der Waals surface area contributed by atoms with Crippen LogP contribution in [0.15, 0.2) is 40.2 Å². The fourth-order valence-electron chi connectivity index (χ4n) is 2.30. The lowest BCUT2D eigenvalue weighted by molar-refractivity contribution is -0.131. The Bertz CT molecular complexity index is 867. The van der Waals surface area contributed by atoms with Crippen LogP contribution < -0.4 is 0 Å². The zero-order valence-corrected chi connectivity index (χ0v) is 15.0. The molecule has 0 atom stereocenters. The average Bonchev–Trinajstić information content (AvgIpc) is 3.26. The van der Waals surface area contributed by atoms with E-state index in [1.807, 2.05) is 24.4 Å². The van der Waals surface area contributed by atoms with Crippen molar-refractivity contribution in [2.24, 2.45) is 0 Å². The van der Waals surface area contributed by atoms with Crippen LogP contribution in [0.5, 0.6) is 0 Å². The van der Waals surface area contributed by atoms with E-state index >= 15 is 0 Å². The Labute approximate surface area is 153 Å². The van der Waals surface area contributed by atoms with Crippen molar-refractivity contribution in [3.63, 3.8) is 0 Å². The average molecular weight is 380 g/mol. The van der Waals surface area contributed by atoms with Crippen molar-refractivity contribution in [3.05, 3.63) is 58.0 Å². The molecule has 0 unspecified atom stereocenters. The topological polar surface area (TPSA) is 59.2 Å². The molecule has 8 heteroatoms. The monoisotopic (exact) mass is 379 g/mol. The van der Waals surface area contributed by atoms with E-state index in [-0.39, 0.29) is 18.9 Å². The van der Waals surface area contributed by atoms with Gasteiger partial charge in [0.2, 0.25) is 17.6 Å². The lowest BCUT2D eigenvalue weighted by atomic mass is 10.1. The smallest absolute Gasteiger partial charge is 0.246 e. The first kappa shape index (κ1) is 17.6. The molecule has 0 spiro atoms. The molecule has 1 aromatic carbocycles. The first-order valence-electron chi connectivity index (χ1n) is 7.65. The molecule has 1 amide bonds. The van der Waals surface area contributed by atoms with Crippen molar-refractivity contribution in [2.45, 2.75) is 19.9 Å². The SMILES string of the molecule is CCN(Cc1nc(-c2cccs2)no1)C(=O)Cc1ccc(Cl)cc1F. The number of carbonyl (C=O) groups is 1. The Morgan fingerprint density at radius 1 is 1.40 bits per heavy atom. The molecule has 3 rings (SSSR count). The maximum Gasteiger partial charge on any atom is 0.246 e. The molecule has 25 heavy (non-hydrogen) atoms. The summed E-state index contributed by atoms with van der Waals surface area (Å²) in [5.41, 5.74) is 0.303. The molecule has 3 aromatic rings. The molecule has 0 saturated heterocycles. The number of nitrogens with zero attached hydrogens (tertiary/aromatic N) is 3. The molecule has 2 aromatic heterocycles. The number of aromatic nitrogens is 2. The van der Waals surface area contributed by atoms with Gasteiger partial charge in [-0.1, -0.05) is 28.9 Å². The Morgan fingerprint density at radius 3 is 2.92 bits per heavy atom. The van der Waals surface area contributed by atoms with Gasteiger partial charge in [-0.15, -0.1) is 11.3 Å². The summed E-state index contributed by atoms with van der Waals surface area (Å²) < 4.78 is 19.1. The highest BCUT2D eigenvalue weighted by atomic mass is 35.5. The molecule has 0 aliphatic rings. The van der Waals surface area contributed by atoms with Crippen molar-refractivity contribution in [2.75, 3.05) is 6.54 Å². The van der Waals surface area contributed by atoms with E-state index in [2.05, 4.69) is 10.1 Å². The van der Waals surface area contributed by atoms with Gasteiger partial charge in [0, 0.05) is 11.6 Å². The largest absolute Gasteiger partial charge is 0.337 e. The summed E-state index contributed by atoms with van der Waals surface area (Å²) in [6.45, 7) is 2.47. The third kappa shape index (κ3) is 4.24. The Balaban J connectivity index is 1.68. The van der Waals surface area contributed by atoms with Gasteiger partial charge in [-0.05, 0) is 36.1 Å². The summed E-state index contributed by atoms with van der Waals surface area (Å²) in [6, 6.07) is 8.08. The van der Waals surface area contributed by atoms with Gasteiger partial charge < -0.3 is 9.42 Å². The summed E-state index contributed by atoms with van der Waals surface area (Å²) >= 11 is 7.24. The Morgan fingerprint density at radius 2 is 2.24 bits per heavy atom. The normalized spacial score (nSPS) is 10.8. The second-order valence-corrected chi connectivity index (χ2v) is 6.69. The summed E-state index contributed by atoms with van der Waals surface area (Å²) in [6.07, 6.45) is -0.0528. The number of likely N-dealkylation sites (N-methyl/N-ethyl adjacent to an activating group) is 1. The van der Waals surface area contributed by atoms with Crippen LogP contribution in [0, 0.1) is 5.82 Å². The molecule has 0 fully saturated rings. The number of hydrogen-bond donors (Lipinski definition) is 0. The van der Waals surface area contributed by atoms with E-state index in [9.17, 15) is 9.18 Å². The van der Waals surface area contributed by atoms with Crippen LogP contribution in [0.4, 0.5) is 4.39 Å². The quantitative estimate of drug-likeness (QED) is 0.644. The van der Waals surface area contributed by atoms with Gasteiger partial charge in [0.05, 0.1) is 17.8 Å². The standard InChI is InChI=1S/C17H15ClFN3O2S/c1-2-22(16(23)8-11-5-6-12(18)9-13(11)19)10-15-20-17(21-24-15)14-4-3-7-25-14/h3-7,9H,2,8,10H2,1H3. The summed E-state index contributed by atoms with van der Waals surface area (Å²) in [4.78, 5) is 19.2. The van der Waals surface area contributed by atoms with Crippen LogP contribution in [0.25, 0.3) is 10.7 Å². The first-order valence-corrected chi connectivity index (χ1v) is 8.90. The summed E-state index contributed by atoms with van der Waals surface area (Å²) in [5.74, 6) is 0.127. The maximum atomic E-state index is 13.9. The number of carbonyl (C=O) groups excluding carboxylic acids is 1. The zero-order chi connectivity index (χ0) is 17.8. The fourth-order valence-corrected chi connectivity index (χ4v) is 3.11. The van der Waals surface area contributed by atoms with E-state index in [0.717, 1.165) is 4.88 Å². The van der Waals surface area contributed by atoms with Gasteiger partial charge in [-0.3, -0.25) is 4.79 Å². The molecule has 0 aliphatic heterocycles. The zero-order valence-electron chi connectivity index (χ0n) is 13.4. The van der Waals surface area contributed by atoms with Crippen LogP contribution in [-0.2, 0) is 17.8 Å². The second-order valence-electron chi connectivity index (χ2n) is 5.31. The van der Waals surface area contributed by atoms with Crippen LogP contribution in [0.1, 0.15) is 18.4 Å². The molecular formula is C17H15ClFN3O2S. The van der Waals surface area contributed by atoms with Gasteiger partial charge in [-0.2, -0.15) is 4.98 Å². The van der Waals surface area contributed by atoms with Gasteiger partial charge in [0.25, 0.3) is 0 Å². The van der Waals surface area contributed by atoms with Crippen molar-refractivity contribution in [1.29, 1.82) is 0 Å². The predicted molar refractivity (Wildman–Crippen MR) is 93.8 cm³/mol. The van der Waals surface area contributed by atoms with Crippen LogP contribution >= 0.6 is 22.9 Å². The molecular weight excluding hydrogens is 365 g/mol. The molecule has 0 radical (unpaired) electrons. The Hall–Kier alpha value is -2.25. The van der Waals surface area contributed by atoms with Crippen LogP contribution in [0.3, 0.4) is 0 Å². The van der Waals surface area contributed by atoms with Crippen molar-refractivity contribution in [3.8, 4) is 10.7 Å². The van der Waals surface area contributed by atoms with E-state index in [1.54, 1.807) is 11.0 Å². The van der Waals surface area contributed by atoms with Crippen molar-refractivity contribution in [1.82, 2.24) is 15.0 Å². The van der Waals surface area contributed by atoms with E-state index in [1.165, 1.54) is 23.5 Å². The van der Waals surface area contributed by atoms with Crippen molar-refractivity contribution >= 4 is 28.8 Å². The molecule has 5 nitrogen and oxygen atoms in total. The highest BCUT2D eigenvalue weighted by Gasteiger charge is 2.18. The molecule has 0 saturated carbocycles. The number of hydrogen-bond acceptors (Lipinski definition) is 5. The minimum absolute atomic E-state index is 0.0528. The number of rotatable bonds is 6. The lowest BCUT2D eigenvalue weighted by Crippen LogP contribution is -2.32. The number of amides is 1. The highest BCUT2D eigenvalue weighted by molar-refractivity contribution is 7.13. The molecule has 0 N–H and O–H groups in total. The minimum atomic E-state index is -0.491. The van der Waals surface area contributed by atoms with E-state index in [0.29, 0.717) is 28.8 Å². The fraction of sp³-hybridized carbons (Fsp3) is 0.235. The third-order valence-electron chi connectivity index (χ3n) is 3.63. The predicted octanol–water partition coefficient (Wildman–Crippen LogP) is 4.18. The highest BCUT2D eigenvalue weighted by Crippen LogP contribution is 2.22. The third-order valence-corrected chi connectivity index (χ3v) is 4.73. The van der Waals surface area contributed by atoms with Gasteiger partial charge in [0.1, 0.15) is 5.82 Å². The van der Waals surface area contributed by atoms with Gasteiger partial charge in [-0.25, -0.2) is 4.39 Å². The number of benzene rings is 1. The lowest BCUT2D eigenvalue weighted by Gasteiger charge is -2.19. The van der Waals surface area contributed by atoms with Crippen LogP contribution in [-0.4, -0.2) is 27.5 Å². The van der Waals surface area contributed by atoms with Gasteiger partial charge in [0.15, 0.2) is 0 Å². The molecule has 2 heterocycles. The van der Waals surface area contributed by atoms with E-state index < -0.39 is 5.82 Å². The molecule has 0 aliphatic carbocycles. The summed E-state index contributed by atoms with van der Waals surface area (Å²) in [7, 11) is 0. The number of thiophene rings is 1. The maximum absolute atomic E-state index is 13.9. The summed E-state index contributed by atoms with van der Waals surface area (Å²) in [5, 5.41) is 6.15. The Kier molecular flexibility index (Phi) is 5.45.